The molecule has 0 spiro atoms. The Balaban J connectivity index is 1.14. The zero-order valence-corrected chi connectivity index (χ0v) is 21.4. The van der Waals surface area contributed by atoms with E-state index in [1.54, 1.807) is 11.3 Å². The van der Waals surface area contributed by atoms with Gasteiger partial charge in [-0.15, -0.1) is 11.3 Å². The number of anilines is 1. The minimum atomic E-state index is -0.236. The quantitative estimate of drug-likeness (QED) is 0.525. The van der Waals surface area contributed by atoms with Crippen LogP contribution in [0.25, 0.3) is 20.8 Å². The zero-order chi connectivity index (χ0) is 24.5. The Kier molecular flexibility index (Phi) is 6.86. The number of piperazine rings is 1. The highest BCUT2D eigenvalue weighted by Crippen LogP contribution is 2.31. The average Bonchev–Trinajstić information content (AvgIpc) is 3.58. The minimum Gasteiger partial charge on any atom is -0.352 e. The third-order valence-electron chi connectivity index (χ3n) is 7.07. The Hall–Kier alpha value is -2.81. The summed E-state index contributed by atoms with van der Waals surface area (Å²) in [6.07, 6.45) is 2.20. The second-order valence-corrected chi connectivity index (χ2v) is 10.8. The number of hydrogen-bond acceptors (Lipinski definition) is 6. The fourth-order valence-electron chi connectivity index (χ4n) is 4.49. The molecule has 35 heavy (non-hydrogen) atoms. The van der Waals surface area contributed by atoms with Crippen molar-refractivity contribution in [3.63, 3.8) is 0 Å². The van der Waals surface area contributed by atoms with Crippen molar-refractivity contribution in [2.75, 3.05) is 31.5 Å². The van der Waals surface area contributed by atoms with Crippen molar-refractivity contribution < 1.29 is 9.59 Å². The molecule has 2 atom stereocenters. The number of aryl methyl sites for hydroxylation is 1. The minimum absolute atomic E-state index is 0.0128. The van der Waals surface area contributed by atoms with Gasteiger partial charge < -0.3 is 10.6 Å². The van der Waals surface area contributed by atoms with E-state index in [-0.39, 0.29) is 23.9 Å². The summed E-state index contributed by atoms with van der Waals surface area (Å²) in [6, 6.07) is 14.2. The molecule has 0 bridgehead atoms. The number of amides is 2. The molecule has 1 saturated heterocycles. The monoisotopic (exact) mass is 491 g/mol. The molecule has 2 aromatic carbocycles. The van der Waals surface area contributed by atoms with Gasteiger partial charge in [0.05, 0.1) is 22.3 Å². The van der Waals surface area contributed by atoms with Gasteiger partial charge in [0.15, 0.2) is 0 Å². The van der Waals surface area contributed by atoms with Gasteiger partial charge in [-0.05, 0) is 75.6 Å². The van der Waals surface area contributed by atoms with E-state index in [0.29, 0.717) is 6.04 Å². The maximum absolute atomic E-state index is 12.9. The van der Waals surface area contributed by atoms with E-state index >= 15 is 0 Å². The average molecular weight is 492 g/mol. The van der Waals surface area contributed by atoms with Crippen molar-refractivity contribution in [3.05, 3.63) is 48.0 Å². The Bertz CT molecular complexity index is 1210. The lowest BCUT2D eigenvalue weighted by molar-refractivity contribution is -0.128. The van der Waals surface area contributed by atoms with E-state index in [1.165, 1.54) is 10.3 Å². The van der Waals surface area contributed by atoms with Gasteiger partial charge in [0.25, 0.3) is 0 Å². The lowest BCUT2D eigenvalue weighted by Gasteiger charge is -2.39. The van der Waals surface area contributed by atoms with Crippen LogP contribution in [0, 0.1) is 6.92 Å². The van der Waals surface area contributed by atoms with E-state index in [9.17, 15) is 9.59 Å². The van der Waals surface area contributed by atoms with Crippen LogP contribution in [0.15, 0.2) is 42.5 Å². The number of aromatic nitrogens is 1. The number of benzene rings is 2. The van der Waals surface area contributed by atoms with Crippen molar-refractivity contribution >= 4 is 39.1 Å². The van der Waals surface area contributed by atoms with E-state index in [4.69, 9.17) is 4.98 Å². The van der Waals surface area contributed by atoms with Crippen LogP contribution in [-0.4, -0.2) is 70.9 Å². The molecule has 3 aromatic rings. The van der Waals surface area contributed by atoms with E-state index in [0.717, 1.165) is 60.8 Å². The maximum atomic E-state index is 12.9. The molecule has 2 aliphatic rings. The summed E-state index contributed by atoms with van der Waals surface area (Å²) in [7, 11) is 0. The highest BCUT2D eigenvalue weighted by Gasteiger charge is 2.32. The van der Waals surface area contributed by atoms with Gasteiger partial charge in [0.1, 0.15) is 5.01 Å². The van der Waals surface area contributed by atoms with Gasteiger partial charge in [-0.1, -0.05) is 6.07 Å². The first kappa shape index (κ1) is 23.9. The molecule has 1 saturated carbocycles. The number of thiazole rings is 1. The molecule has 2 N–H and O–H groups in total. The van der Waals surface area contributed by atoms with E-state index in [2.05, 4.69) is 45.6 Å². The normalized spacial score (nSPS) is 18.8. The highest BCUT2D eigenvalue weighted by molar-refractivity contribution is 7.21. The molecule has 1 aliphatic carbocycles. The molecular weight excluding hydrogens is 458 g/mol. The van der Waals surface area contributed by atoms with E-state index < -0.39 is 0 Å². The summed E-state index contributed by atoms with van der Waals surface area (Å²) < 4.78 is 1.18. The number of fused-ring (bicyclic) bond motifs is 1. The first-order valence-electron chi connectivity index (χ1n) is 12.4. The highest BCUT2D eigenvalue weighted by atomic mass is 32.1. The van der Waals surface area contributed by atoms with Crippen LogP contribution in [0.2, 0.25) is 0 Å². The third-order valence-corrected chi connectivity index (χ3v) is 8.14. The lowest BCUT2D eigenvalue weighted by atomic mass is 10.1. The van der Waals surface area contributed by atoms with Gasteiger partial charge in [0.2, 0.25) is 11.8 Å². The summed E-state index contributed by atoms with van der Waals surface area (Å²) in [5, 5.41) is 7.13. The molecule has 2 fully saturated rings. The molecule has 184 valence electrons. The summed E-state index contributed by atoms with van der Waals surface area (Å²) in [6.45, 7) is 9.12. The Morgan fingerprint density at radius 2 is 1.57 bits per heavy atom. The summed E-state index contributed by atoms with van der Waals surface area (Å²) in [4.78, 5) is 34.4. The fraction of sp³-hybridized carbons (Fsp3) is 0.444. The van der Waals surface area contributed by atoms with Crippen molar-refractivity contribution in [1.82, 2.24) is 20.1 Å². The van der Waals surface area contributed by atoms with Gasteiger partial charge in [-0.3, -0.25) is 19.4 Å². The largest absolute Gasteiger partial charge is 0.352 e. The van der Waals surface area contributed by atoms with Crippen molar-refractivity contribution in [2.45, 2.75) is 51.7 Å². The van der Waals surface area contributed by atoms with Gasteiger partial charge >= 0.3 is 0 Å². The summed E-state index contributed by atoms with van der Waals surface area (Å²) >= 11 is 1.68. The molecule has 8 heteroatoms. The summed E-state index contributed by atoms with van der Waals surface area (Å²) in [5.41, 5.74) is 4.08. The molecule has 2 heterocycles. The predicted molar refractivity (Wildman–Crippen MR) is 142 cm³/mol. The van der Waals surface area contributed by atoms with Gasteiger partial charge in [-0.2, -0.15) is 0 Å². The smallest absolute Gasteiger partial charge is 0.241 e. The fourth-order valence-corrected chi connectivity index (χ4v) is 5.56. The second-order valence-electron chi connectivity index (χ2n) is 9.76. The second kappa shape index (κ2) is 10.0. The standard InChI is InChI=1S/C27H33N5O2S/c1-17-4-11-23-24(16-17)35-27(30-23)20-5-7-21(8-6-20)28-25(33)18(2)31-12-14-32(15-13-31)19(3)26(34)29-22-9-10-22/h4-8,11,16,18-19,22H,9-10,12-15H2,1-3H3,(H,28,33)(H,29,34). The molecule has 1 aromatic heterocycles. The van der Waals surface area contributed by atoms with E-state index in [1.807, 2.05) is 38.1 Å². The maximum Gasteiger partial charge on any atom is 0.241 e. The molecular formula is C27H33N5O2S. The van der Waals surface area contributed by atoms with Crippen LogP contribution < -0.4 is 10.6 Å². The first-order chi connectivity index (χ1) is 16.9. The van der Waals surface area contributed by atoms with Crippen LogP contribution >= 0.6 is 11.3 Å². The van der Waals surface area contributed by atoms with Crippen LogP contribution in [0.5, 0.6) is 0 Å². The Labute approximate surface area is 210 Å². The molecule has 2 unspecified atom stereocenters. The zero-order valence-electron chi connectivity index (χ0n) is 20.6. The molecule has 5 rings (SSSR count). The number of carbonyl (C=O) groups excluding carboxylic acids is 2. The summed E-state index contributed by atoms with van der Waals surface area (Å²) in [5.74, 6) is 0.109. The van der Waals surface area contributed by atoms with Crippen molar-refractivity contribution in [2.24, 2.45) is 0 Å². The molecule has 1 aliphatic heterocycles. The third kappa shape index (κ3) is 5.55. The van der Waals surface area contributed by atoms with Crippen LogP contribution in [0.4, 0.5) is 5.69 Å². The predicted octanol–water partition coefficient (Wildman–Crippen LogP) is 3.88. The number of nitrogens with zero attached hydrogens (tertiary/aromatic N) is 3. The Morgan fingerprint density at radius 1 is 0.943 bits per heavy atom. The number of rotatable bonds is 7. The molecule has 2 amide bonds. The molecule has 7 nitrogen and oxygen atoms in total. The molecule has 0 radical (unpaired) electrons. The van der Waals surface area contributed by atoms with Crippen LogP contribution in [-0.2, 0) is 9.59 Å². The SMILES string of the molecule is Cc1ccc2nc(-c3ccc(NC(=O)C(C)N4CCN(C(C)C(=O)NC5CC5)CC4)cc3)sc2c1. The van der Waals surface area contributed by atoms with Crippen LogP contribution in [0.1, 0.15) is 32.3 Å². The topological polar surface area (TPSA) is 77.6 Å². The Morgan fingerprint density at radius 3 is 2.20 bits per heavy atom. The number of hydrogen-bond donors (Lipinski definition) is 2. The number of carbonyl (C=O) groups is 2. The van der Waals surface area contributed by atoms with Crippen LogP contribution in [0.3, 0.4) is 0 Å². The van der Waals surface area contributed by atoms with Gasteiger partial charge in [-0.25, -0.2) is 4.98 Å². The van der Waals surface area contributed by atoms with Gasteiger partial charge in [0, 0.05) is 43.5 Å². The van der Waals surface area contributed by atoms with Crippen molar-refractivity contribution in [3.8, 4) is 10.6 Å². The lowest BCUT2D eigenvalue weighted by Crippen LogP contribution is -2.57. The van der Waals surface area contributed by atoms with Crippen molar-refractivity contribution in [1.29, 1.82) is 0 Å². The first-order valence-corrected chi connectivity index (χ1v) is 13.3. The number of nitrogens with one attached hydrogen (secondary N) is 2.